The fourth-order valence-corrected chi connectivity index (χ4v) is 3.02. The van der Waals surface area contributed by atoms with E-state index in [1.165, 1.54) is 24.5 Å². The molecule has 0 saturated carbocycles. The average molecular weight is 316 g/mol. The molecule has 0 aliphatic heterocycles. The molecule has 0 unspecified atom stereocenters. The van der Waals surface area contributed by atoms with Crippen LogP contribution in [0.4, 0.5) is 15.8 Å². The van der Waals surface area contributed by atoms with Crippen molar-refractivity contribution in [3.63, 3.8) is 0 Å². The molecule has 0 bridgehead atoms. The molecule has 1 heterocycles. The summed E-state index contributed by atoms with van der Waals surface area (Å²) in [5, 5.41) is 2.85. The van der Waals surface area contributed by atoms with Gasteiger partial charge in [-0.05, 0) is 24.3 Å². The van der Waals surface area contributed by atoms with Crippen LogP contribution in [0.15, 0.2) is 41.6 Å². The second-order valence-electron chi connectivity index (χ2n) is 3.85. The van der Waals surface area contributed by atoms with Crippen LogP contribution in [-0.2, 0) is 10.0 Å². The van der Waals surface area contributed by atoms with Gasteiger partial charge >= 0.3 is 0 Å². The van der Waals surface area contributed by atoms with Gasteiger partial charge in [0.15, 0.2) is 0 Å². The number of pyridine rings is 1. The maximum absolute atomic E-state index is 13.2. The average Bonchev–Trinajstić information content (AvgIpc) is 2.42. The molecular weight excluding hydrogens is 305 g/mol. The van der Waals surface area contributed by atoms with E-state index >= 15 is 0 Å². The van der Waals surface area contributed by atoms with Gasteiger partial charge in [0, 0.05) is 19.4 Å². The van der Waals surface area contributed by atoms with Crippen molar-refractivity contribution < 1.29 is 12.8 Å². The number of benzene rings is 1. The number of anilines is 2. The quantitative estimate of drug-likeness (QED) is 0.910. The van der Waals surface area contributed by atoms with Crippen LogP contribution >= 0.6 is 11.6 Å². The van der Waals surface area contributed by atoms with Gasteiger partial charge in [-0.1, -0.05) is 11.6 Å². The van der Waals surface area contributed by atoms with E-state index in [2.05, 4.69) is 15.0 Å². The molecule has 0 radical (unpaired) electrons. The van der Waals surface area contributed by atoms with E-state index in [-0.39, 0.29) is 15.6 Å². The normalized spacial score (nSPS) is 11.2. The van der Waals surface area contributed by atoms with Crippen LogP contribution in [0, 0.1) is 5.82 Å². The highest BCUT2D eigenvalue weighted by Crippen LogP contribution is 2.27. The molecule has 106 valence electrons. The predicted octanol–water partition coefficient (Wildman–Crippen LogP) is 2.72. The molecule has 0 fully saturated rings. The molecular formula is C12H11ClFN3O2S. The summed E-state index contributed by atoms with van der Waals surface area (Å²) in [6, 6.07) is 4.94. The monoisotopic (exact) mass is 315 g/mol. The van der Waals surface area contributed by atoms with E-state index < -0.39 is 15.8 Å². The van der Waals surface area contributed by atoms with Crippen molar-refractivity contribution in [2.45, 2.75) is 4.90 Å². The number of nitrogens with one attached hydrogen (secondary N) is 2. The Morgan fingerprint density at radius 1 is 1.25 bits per heavy atom. The molecule has 0 aliphatic carbocycles. The standard InChI is InChI=1S/C12H11ClFN3O2S/c1-15-10-4-5-16-7-12(10)20(18,19)17-11-6-8(14)2-3-9(11)13/h2-7,17H,1H3,(H,15,16). The lowest BCUT2D eigenvalue weighted by molar-refractivity contribution is 0.601. The maximum atomic E-state index is 13.2. The molecule has 1 aromatic heterocycles. The first kappa shape index (κ1) is 14.5. The highest BCUT2D eigenvalue weighted by Gasteiger charge is 2.20. The molecule has 2 rings (SSSR count). The first-order valence-corrected chi connectivity index (χ1v) is 7.40. The number of hydrogen-bond acceptors (Lipinski definition) is 4. The van der Waals surface area contributed by atoms with Crippen LogP contribution in [0.3, 0.4) is 0 Å². The largest absolute Gasteiger partial charge is 0.387 e. The minimum absolute atomic E-state index is 0.0300. The van der Waals surface area contributed by atoms with Crippen molar-refractivity contribution in [2.24, 2.45) is 0 Å². The highest BCUT2D eigenvalue weighted by atomic mass is 35.5. The highest BCUT2D eigenvalue weighted by molar-refractivity contribution is 7.92. The van der Waals surface area contributed by atoms with Gasteiger partial charge in [0.2, 0.25) is 0 Å². The zero-order valence-corrected chi connectivity index (χ0v) is 12.0. The van der Waals surface area contributed by atoms with Crippen molar-refractivity contribution in [2.75, 3.05) is 17.1 Å². The van der Waals surface area contributed by atoms with Crippen LogP contribution in [0.5, 0.6) is 0 Å². The van der Waals surface area contributed by atoms with Crippen LogP contribution in [0.25, 0.3) is 0 Å². The molecule has 0 atom stereocenters. The zero-order valence-electron chi connectivity index (χ0n) is 10.4. The van der Waals surface area contributed by atoms with Crippen molar-refractivity contribution in [1.82, 2.24) is 4.98 Å². The molecule has 2 aromatic rings. The Morgan fingerprint density at radius 3 is 2.70 bits per heavy atom. The van der Waals surface area contributed by atoms with Crippen molar-refractivity contribution in [3.05, 3.63) is 47.5 Å². The third kappa shape index (κ3) is 3.00. The van der Waals surface area contributed by atoms with E-state index in [4.69, 9.17) is 11.6 Å². The van der Waals surface area contributed by atoms with Crippen molar-refractivity contribution in [3.8, 4) is 0 Å². The third-order valence-electron chi connectivity index (χ3n) is 2.52. The molecule has 0 aliphatic rings. The van der Waals surface area contributed by atoms with E-state index in [1.807, 2.05) is 0 Å². The summed E-state index contributed by atoms with van der Waals surface area (Å²) in [6.07, 6.45) is 2.65. The minimum atomic E-state index is -3.92. The van der Waals surface area contributed by atoms with Crippen molar-refractivity contribution >= 4 is 33.0 Å². The van der Waals surface area contributed by atoms with Gasteiger partial charge in [-0.2, -0.15) is 0 Å². The first-order chi connectivity index (χ1) is 9.44. The molecule has 8 heteroatoms. The van der Waals surface area contributed by atoms with Crippen LogP contribution in [0.1, 0.15) is 0 Å². The minimum Gasteiger partial charge on any atom is -0.387 e. The lowest BCUT2D eigenvalue weighted by Crippen LogP contribution is -2.15. The third-order valence-corrected chi connectivity index (χ3v) is 4.24. The van der Waals surface area contributed by atoms with E-state index in [0.717, 1.165) is 12.1 Å². The summed E-state index contributed by atoms with van der Waals surface area (Å²) in [7, 11) is -2.33. The van der Waals surface area contributed by atoms with Gasteiger partial charge in [-0.3, -0.25) is 9.71 Å². The predicted molar refractivity (Wildman–Crippen MR) is 76.0 cm³/mol. The Hall–Kier alpha value is -1.86. The maximum Gasteiger partial charge on any atom is 0.265 e. The number of rotatable bonds is 4. The molecule has 0 spiro atoms. The lowest BCUT2D eigenvalue weighted by Gasteiger charge is -2.12. The second-order valence-corrected chi connectivity index (χ2v) is 5.91. The topological polar surface area (TPSA) is 71.1 Å². The van der Waals surface area contributed by atoms with E-state index in [0.29, 0.717) is 5.69 Å². The second kappa shape index (κ2) is 5.64. The number of nitrogens with zero attached hydrogens (tertiary/aromatic N) is 1. The van der Waals surface area contributed by atoms with E-state index in [1.54, 1.807) is 7.05 Å². The summed E-state index contributed by atoms with van der Waals surface area (Å²) < 4.78 is 39.9. The number of aromatic nitrogens is 1. The molecule has 0 saturated heterocycles. The SMILES string of the molecule is CNc1ccncc1S(=O)(=O)Nc1cc(F)ccc1Cl. The van der Waals surface area contributed by atoms with Crippen LogP contribution < -0.4 is 10.0 Å². The first-order valence-electron chi connectivity index (χ1n) is 5.53. The Labute approximate surface area is 120 Å². The Morgan fingerprint density at radius 2 is 2.00 bits per heavy atom. The number of halogens is 2. The summed E-state index contributed by atoms with van der Waals surface area (Å²) in [5.74, 6) is -0.591. The lowest BCUT2D eigenvalue weighted by atomic mass is 10.3. The molecule has 0 amide bonds. The summed E-state index contributed by atoms with van der Waals surface area (Å²) in [4.78, 5) is 3.72. The van der Waals surface area contributed by atoms with Gasteiger partial charge in [-0.15, -0.1) is 0 Å². The van der Waals surface area contributed by atoms with Gasteiger partial charge < -0.3 is 5.32 Å². The van der Waals surface area contributed by atoms with Gasteiger partial charge in [0.05, 0.1) is 16.4 Å². The molecule has 5 nitrogen and oxygen atoms in total. The zero-order chi connectivity index (χ0) is 14.8. The van der Waals surface area contributed by atoms with Crippen LogP contribution in [-0.4, -0.2) is 20.4 Å². The van der Waals surface area contributed by atoms with Gasteiger partial charge in [0.25, 0.3) is 10.0 Å². The molecule has 20 heavy (non-hydrogen) atoms. The number of hydrogen-bond donors (Lipinski definition) is 2. The smallest absolute Gasteiger partial charge is 0.265 e. The van der Waals surface area contributed by atoms with E-state index in [9.17, 15) is 12.8 Å². The van der Waals surface area contributed by atoms with Crippen molar-refractivity contribution in [1.29, 1.82) is 0 Å². The molecule has 2 N–H and O–H groups in total. The Kier molecular flexibility index (Phi) is 4.10. The van der Waals surface area contributed by atoms with Crippen LogP contribution in [0.2, 0.25) is 5.02 Å². The molecule has 1 aromatic carbocycles. The summed E-state index contributed by atoms with van der Waals surface area (Å²) >= 11 is 5.84. The Bertz CT molecular complexity index is 737. The number of sulfonamides is 1. The summed E-state index contributed by atoms with van der Waals surface area (Å²) in [6.45, 7) is 0. The van der Waals surface area contributed by atoms with Gasteiger partial charge in [0.1, 0.15) is 10.7 Å². The summed E-state index contributed by atoms with van der Waals surface area (Å²) in [5.41, 5.74) is 0.345. The Balaban J connectivity index is 2.43. The van der Waals surface area contributed by atoms with Gasteiger partial charge in [-0.25, -0.2) is 12.8 Å². The fraction of sp³-hybridized carbons (Fsp3) is 0.0833. The fourth-order valence-electron chi connectivity index (χ4n) is 1.58.